The van der Waals surface area contributed by atoms with Gasteiger partial charge >= 0.3 is 0 Å². The molecule has 2 aliphatic rings. The van der Waals surface area contributed by atoms with Crippen molar-refractivity contribution in [3.63, 3.8) is 0 Å². The molecule has 21 heavy (non-hydrogen) atoms. The number of rotatable bonds is 3. The molecule has 3 rings (SSSR count). The molecule has 1 atom stereocenters. The van der Waals surface area contributed by atoms with E-state index in [2.05, 4.69) is 32.2 Å². The van der Waals surface area contributed by atoms with Crippen molar-refractivity contribution in [1.29, 1.82) is 0 Å². The van der Waals surface area contributed by atoms with Gasteiger partial charge in [0.1, 0.15) is 11.5 Å². The average Bonchev–Trinajstić information content (AvgIpc) is 3.11. The summed E-state index contributed by atoms with van der Waals surface area (Å²) in [6, 6.07) is 2.14. The molecule has 2 aliphatic carbocycles. The van der Waals surface area contributed by atoms with E-state index in [4.69, 9.17) is 4.42 Å². The van der Waals surface area contributed by atoms with Crippen LogP contribution in [0.25, 0.3) is 0 Å². The number of amides is 1. The third kappa shape index (κ3) is 3.22. The Morgan fingerprint density at radius 3 is 2.81 bits per heavy atom. The lowest BCUT2D eigenvalue weighted by Crippen LogP contribution is -2.35. The maximum absolute atomic E-state index is 12.3. The van der Waals surface area contributed by atoms with Gasteiger partial charge in [-0.1, -0.05) is 19.4 Å². The molecular formula is C18H25NO2. The van der Waals surface area contributed by atoms with E-state index in [1.54, 1.807) is 6.08 Å². The number of fused-ring (bicyclic) bond motifs is 1. The second-order valence-corrected chi connectivity index (χ2v) is 7.50. The lowest BCUT2D eigenvalue weighted by molar-refractivity contribution is -0.117. The number of allylic oxidation sites excluding steroid dienone is 1. The summed E-state index contributed by atoms with van der Waals surface area (Å²) < 4.78 is 5.82. The van der Waals surface area contributed by atoms with Crippen LogP contribution >= 0.6 is 0 Å². The molecule has 1 saturated carbocycles. The molecule has 0 bridgehead atoms. The molecule has 0 saturated heterocycles. The molecule has 114 valence electrons. The van der Waals surface area contributed by atoms with E-state index < -0.39 is 0 Å². The highest BCUT2D eigenvalue weighted by molar-refractivity contribution is 5.88. The summed E-state index contributed by atoms with van der Waals surface area (Å²) in [5.41, 5.74) is 2.54. The smallest absolute Gasteiger partial charge is 0.244 e. The van der Waals surface area contributed by atoms with Crippen molar-refractivity contribution >= 4 is 5.91 Å². The molecule has 1 aromatic rings. The minimum Gasteiger partial charge on any atom is -0.466 e. The van der Waals surface area contributed by atoms with E-state index in [1.165, 1.54) is 18.4 Å². The molecule has 3 nitrogen and oxygen atoms in total. The molecule has 1 amide bonds. The molecule has 1 N–H and O–H groups in total. The van der Waals surface area contributed by atoms with Crippen molar-refractivity contribution in [2.45, 2.75) is 59.4 Å². The van der Waals surface area contributed by atoms with Gasteiger partial charge in [0.15, 0.2) is 0 Å². The third-order valence-corrected chi connectivity index (χ3v) is 4.63. The quantitative estimate of drug-likeness (QED) is 0.851. The van der Waals surface area contributed by atoms with Gasteiger partial charge in [-0.3, -0.25) is 4.79 Å². The molecule has 0 aliphatic heterocycles. The molecule has 0 radical (unpaired) electrons. The monoisotopic (exact) mass is 287 g/mol. The fourth-order valence-corrected chi connectivity index (χ4v) is 3.39. The predicted octanol–water partition coefficient (Wildman–Crippen LogP) is 4.07. The first-order valence-corrected chi connectivity index (χ1v) is 7.92. The highest BCUT2D eigenvalue weighted by atomic mass is 16.3. The zero-order valence-electron chi connectivity index (χ0n) is 13.5. The van der Waals surface area contributed by atoms with Gasteiger partial charge in [-0.25, -0.2) is 0 Å². The number of carbonyl (C=O) groups excluding carboxylic acids is 1. The van der Waals surface area contributed by atoms with Crippen molar-refractivity contribution in [2.24, 2.45) is 11.3 Å². The lowest BCUT2D eigenvalue weighted by Gasteiger charge is -2.34. The first-order chi connectivity index (χ1) is 9.84. The van der Waals surface area contributed by atoms with Gasteiger partial charge in [-0.05, 0) is 50.5 Å². The van der Waals surface area contributed by atoms with Crippen molar-refractivity contribution in [3.8, 4) is 0 Å². The van der Waals surface area contributed by atoms with Crippen molar-refractivity contribution in [3.05, 3.63) is 34.8 Å². The standard InChI is InChI=1S/C18H25NO2/c1-11(13-5-6-13)7-17(20)19-15-9-18(3,4)10-16-14(15)8-12(2)21-16/h7-8,13,15H,5-6,9-10H2,1-4H3,(H,19,20)/b11-7-/t15-/m1/s1. The zero-order valence-corrected chi connectivity index (χ0v) is 13.5. The fourth-order valence-electron chi connectivity index (χ4n) is 3.39. The fraction of sp³-hybridized carbons (Fsp3) is 0.611. The van der Waals surface area contributed by atoms with Gasteiger partial charge < -0.3 is 9.73 Å². The van der Waals surface area contributed by atoms with Crippen LogP contribution in [0.5, 0.6) is 0 Å². The van der Waals surface area contributed by atoms with Gasteiger partial charge in [-0.2, -0.15) is 0 Å². The minimum absolute atomic E-state index is 0.0342. The third-order valence-electron chi connectivity index (χ3n) is 4.63. The summed E-state index contributed by atoms with van der Waals surface area (Å²) in [6.45, 7) is 8.51. The first kappa shape index (κ1) is 14.4. The van der Waals surface area contributed by atoms with Crippen LogP contribution < -0.4 is 5.32 Å². The van der Waals surface area contributed by atoms with Gasteiger partial charge in [-0.15, -0.1) is 0 Å². The van der Waals surface area contributed by atoms with E-state index in [0.29, 0.717) is 5.92 Å². The largest absolute Gasteiger partial charge is 0.466 e. The Morgan fingerprint density at radius 1 is 1.43 bits per heavy atom. The van der Waals surface area contributed by atoms with Crippen LogP contribution in [0.4, 0.5) is 0 Å². The molecule has 0 unspecified atom stereocenters. The van der Waals surface area contributed by atoms with Crippen LogP contribution in [0, 0.1) is 18.3 Å². The summed E-state index contributed by atoms with van der Waals surface area (Å²) in [5.74, 6) is 2.65. The van der Waals surface area contributed by atoms with Crippen LogP contribution in [-0.4, -0.2) is 5.91 Å². The van der Waals surface area contributed by atoms with Gasteiger partial charge in [0.05, 0.1) is 6.04 Å². The van der Waals surface area contributed by atoms with Gasteiger partial charge in [0.2, 0.25) is 5.91 Å². The van der Waals surface area contributed by atoms with E-state index in [1.807, 2.05) is 6.92 Å². The number of furan rings is 1. The number of aryl methyl sites for hydroxylation is 1. The van der Waals surface area contributed by atoms with Gasteiger partial charge in [0.25, 0.3) is 0 Å². The number of nitrogens with one attached hydrogen (secondary N) is 1. The molecule has 1 heterocycles. The maximum Gasteiger partial charge on any atom is 0.244 e. The van der Waals surface area contributed by atoms with Crippen LogP contribution in [0.1, 0.15) is 63.2 Å². The maximum atomic E-state index is 12.3. The molecule has 1 aromatic heterocycles. The Morgan fingerprint density at radius 2 is 2.14 bits per heavy atom. The molecule has 3 heteroatoms. The Balaban J connectivity index is 1.77. The molecule has 0 spiro atoms. The minimum atomic E-state index is 0.0342. The SMILES string of the molecule is C/C(=C/C(=O)N[C@@H]1CC(C)(C)Cc2oc(C)cc21)C1CC1. The van der Waals surface area contributed by atoms with Crippen LogP contribution in [0.15, 0.2) is 22.1 Å². The topological polar surface area (TPSA) is 42.2 Å². The Bertz CT molecular complexity index is 590. The van der Waals surface area contributed by atoms with E-state index in [9.17, 15) is 4.79 Å². The lowest BCUT2D eigenvalue weighted by atomic mass is 9.74. The summed E-state index contributed by atoms with van der Waals surface area (Å²) >= 11 is 0. The predicted molar refractivity (Wildman–Crippen MR) is 82.9 cm³/mol. The van der Waals surface area contributed by atoms with Crippen LogP contribution in [0.3, 0.4) is 0 Å². The Labute approximate surface area is 126 Å². The van der Waals surface area contributed by atoms with E-state index in [0.717, 1.165) is 29.9 Å². The van der Waals surface area contributed by atoms with Crippen LogP contribution in [0.2, 0.25) is 0 Å². The molecule has 1 fully saturated rings. The zero-order chi connectivity index (χ0) is 15.2. The number of hydrogen-bond donors (Lipinski definition) is 1. The summed E-state index contributed by atoms with van der Waals surface area (Å²) in [4.78, 5) is 12.3. The van der Waals surface area contributed by atoms with Crippen LogP contribution in [-0.2, 0) is 11.2 Å². The molecular weight excluding hydrogens is 262 g/mol. The molecule has 0 aromatic carbocycles. The second-order valence-electron chi connectivity index (χ2n) is 7.50. The number of carbonyl (C=O) groups is 1. The summed E-state index contributed by atoms with van der Waals surface area (Å²) in [6.07, 6.45) is 6.15. The first-order valence-electron chi connectivity index (χ1n) is 7.92. The Kier molecular flexibility index (Phi) is 3.46. The van der Waals surface area contributed by atoms with Gasteiger partial charge in [0, 0.05) is 18.1 Å². The normalized spacial score (nSPS) is 24.6. The summed E-state index contributed by atoms with van der Waals surface area (Å²) in [7, 11) is 0. The van der Waals surface area contributed by atoms with Crippen molar-refractivity contribution < 1.29 is 9.21 Å². The van der Waals surface area contributed by atoms with Crippen molar-refractivity contribution in [1.82, 2.24) is 5.32 Å². The van der Waals surface area contributed by atoms with Crippen molar-refractivity contribution in [2.75, 3.05) is 0 Å². The second kappa shape index (κ2) is 5.04. The van der Waals surface area contributed by atoms with E-state index >= 15 is 0 Å². The number of hydrogen-bond acceptors (Lipinski definition) is 2. The summed E-state index contributed by atoms with van der Waals surface area (Å²) in [5, 5.41) is 3.18. The average molecular weight is 287 g/mol. The highest BCUT2D eigenvalue weighted by Crippen LogP contribution is 2.42. The highest BCUT2D eigenvalue weighted by Gasteiger charge is 2.35. The Hall–Kier alpha value is -1.51. The van der Waals surface area contributed by atoms with E-state index in [-0.39, 0.29) is 17.4 Å².